The number of carbonyl (C=O) groups is 1. The average molecular weight is 474 g/mol. The second-order valence-electron chi connectivity index (χ2n) is 8.12. The van der Waals surface area contributed by atoms with Crippen LogP contribution in [0.15, 0.2) is 34.7 Å². The molecule has 0 fully saturated rings. The van der Waals surface area contributed by atoms with Gasteiger partial charge in [0.15, 0.2) is 5.58 Å². The lowest BCUT2D eigenvalue weighted by Crippen LogP contribution is -2.08. The Morgan fingerprint density at radius 2 is 1.85 bits per heavy atom. The molecule has 1 aromatic heterocycles. The van der Waals surface area contributed by atoms with Crippen LogP contribution in [0.2, 0.25) is 0 Å². The number of hydrogen-bond donors (Lipinski definition) is 1. The molecular formula is C26H36NO5P. The van der Waals surface area contributed by atoms with E-state index in [2.05, 4.69) is 28.1 Å². The molecule has 2 aromatic carbocycles. The number of Topliss-reactive ketones (excluding diaryl/α,β-unsaturated/α-hetero) is 1. The number of fused-ring (bicyclic) bond motifs is 1. The molecular weight excluding hydrogens is 437 g/mol. The van der Waals surface area contributed by atoms with Gasteiger partial charge < -0.3 is 23.8 Å². The maximum absolute atomic E-state index is 10.2. The highest BCUT2D eigenvalue weighted by atomic mass is 31.0. The van der Waals surface area contributed by atoms with E-state index in [1.807, 2.05) is 44.2 Å². The maximum atomic E-state index is 10.2. The molecule has 3 rings (SSSR count). The molecule has 0 spiro atoms. The quantitative estimate of drug-likeness (QED) is 0.392. The van der Waals surface area contributed by atoms with Crippen LogP contribution >= 0.6 is 9.24 Å². The normalized spacial score (nSPS) is 12.6. The van der Waals surface area contributed by atoms with Gasteiger partial charge in [0.1, 0.15) is 22.8 Å². The van der Waals surface area contributed by atoms with Crippen LogP contribution in [-0.4, -0.2) is 29.1 Å². The molecule has 2 unspecified atom stereocenters. The smallest absolute Gasteiger partial charge is 0.227 e. The Balaban J connectivity index is 0.000000696. The molecule has 7 heteroatoms. The van der Waals surface area contributed by atoms with Crippen LogP contribution in [0, 0.1) is 5.92 Å². The molecule has 180 valence electrons. The summed E-state index contributed by atoms with van der Waals surface area (Å²) in [4.78, 5) is 14.4. The van der Waals surface area contributed by atoms with Gasteiger partial charge in [-0.15, -0.1) is 9.24 Å². The average Bonchev–Trinajstić information content (AvgIpc) is 3.22. The first-order valence-electron chi connectivity index (χ1n) is 11.5. The second-order valence-corrected chi connectivity index (χ2v) is 8.74. The largest absolute Gasteiger partial charge is 0.493 e. The second kappa shape index (κ2) is 12.7. The van der Waals surface area contributed by atoms with Gasteiger partial charge >= 0.3 is 0 Å². The molecule has 1 N–H and O–H groups in total. The lowest BCUT2D eigenvalue weighted by molar-refractivity contribution is -0.116. The Morgan fingerprint density at radius 3 is 2.42 bits per heavy atom. The summed E-state index contributed by atoms with van der Waals surface area (Å²) in [6, 6.07) is 9.50. The van der Waals surface area contributed by atoms with Crippen LogP contribution in [-0.2, 0) is 4.79 Å². The zero-order valence-corrected chi connectivity index (χ0v) is 21.6. The van der Waals surface area contributed by atoms with Crippen molar-refractivity contribution >= 4 is 31.4 Å². The van der Waals surface area contributed by atoms with Crippen molar-refractivity contribution in [3.63, 3.8) is 0 Å². The van der Waals surface area contributed by atoms with E-state index in [-0.39, 0.29) is 5.78 Å². The van der Waals surface area contributed by atoms with E-state index in [0.29, 0.717) is 48.3 Å². The molecule has 0 aliphatic heterocycles. The minimum absolute atomic E-state index is 0.255. The van der Waals surface area contributed by atoms with Gasteiger partial charge in [-0.2, -0.15) is 0 Å². The number of benzene rings is 2. The number of nitrogens with zero attached hydrogens (tertiary/aromatic N) is 1. The predicted octanol–water partition coefficient (Wildman–Crippen LogP) is 5.86. The zero-order chi connectivity index (χ0) is 24.5. The Morgan fingerprint density at radius 1 is 1.15 bits per heavy atom. The van der Waals surface area contributed by atoms with Crippen molar-refractivity contribution in [1.82, 2.24) is 4.98 Å². The van der Waals surface area contributed by atoms with Crippen molar-refractivity contribution in [2.24, 2.45) is 5.92 Å². The fraction of sp³-hybridized carbons (Fsp3) is 0.462. The van der Waals surface area contributed by atoms with E-state index >= 15 is 0 Å². The van der Waals surface area contributed by atoms with Crippen molar-refractivity contribution in [2.45, 2.75) is 60.5 Å². The van der Waals surface area contributed by atoms with Gasteiger partial charge in [0, 0.05) is 28.9 Å². The minimum Gasteiger partial charge on any atom is -0.493 e. The maximum Gasteiger partial charge on any atom is 0.227 e. The summed E-state index contributed by atoms with van der Waals surface area (Å²) >= 11 is 0. The van der Waals surface area contributed by atoms with Gasteiger partial charge in [-0.25, -0.2) is 4.98 Å². The number of aromatic nitrogens is 1. The van der Waals surface area contributed by atoms with E-state index in [4.69, 9.17) is 13.9 Å². The van der Waals surface area contributed by atoms with Crippen molar-refractivity contribution in [1.29, 1.82) is 0 Å². The molecule has 33 heavy (non-hydrogen) atoms. The zero-order valence-electron chi connectivity index (χ0n) is 20.5. The highest BCUT2D eigenvalue weighted by Crippen LogP contribution is 2.33. The van der Waals surface area contributed by atoms with E-state index in [9.17, 15) is 9.90 Å². The van der Waals surface area contributed by atoms with E-state index in [0.717, 1.165) is 28.6 Å². The number of oxazole rings is 1. The number of aliphatic hydroxyl groups is 1. The first-order chi connectivity index (χ1) is 15.7. The summed E-state index contributed by atoms with van der Waals surface area (Å²) in [5, 5.41) is 11.0. The van der Waals surface area contributed by atoms with Gasteiger partial charge in [-0.3, -0.25) is 0 Å². The molecule has 3 atom stereocenters. The van der Waals surface area contributed by atoms with Gasteiger partial charge in [-0.1, -0.05) is 27.2 Å². The highest BCUT2D eigenvalue weighted by Gasteiger charge is 2.17. The number of ether oxygens (including phenoxy) is 2. The third kappa shape index (κ3) is 7.55. The van der Waals surface area contributed by atoms with Gasteiger partial charge in [0.25, 0.3) is 0 Å². The molecule has 0 bridgehead atoms. The summed E-state index contributed by atoms with van der Waals surface area (Å²) in [5.74, 6) is 2.72. The molecule has 6 nitrogen and oxygen atoms in total. The lowest BCUT2D eigenvalue weighted by Gasteiger charge is -2.16. The van der Waals surface area contributed by atoms with Gasteiger partial charge in [-0.05, 0) is 51.0 Å². The Labute approximate surface area is 198 Å². The van der Waals surface area contributed by atoms with Crippen molar-refractivity contribution < 1.29 is 23.8 Å². The lowest BCUT2D eigenvalue weighted by atomic mass is 10.1. The van der Waals surface area contributed by atoms with Crippen LogP contribution in [0.25, 0.3) is 22.6 Å². The topological polar surface area (TPSA) is 81.8 Å². The fourth-order valence-corrected chi connectivity index (χ4v) is 3.32. The predicted molar refractivity (Wildman–Crippen MR) is 137 cm³/mol. The third-order valence-corrected chi connectivity index (χ3v) is 5.65. The van der Waals surface area contributed by atoms with Crippen molar-refractivity contribution in [2.75, 3.05) is 13.2 Å². The Kier molecular flexibility index (Phi) is 10.3. The summed E-state index contributed by atoms with van der Waals surface area (Å²) in [6.07, 6.45) is 1.08. The SMILES string of the molecule is CCC(C)=O.CCOc1c(P)cc(-c2nc3ccc(OC[C@H](C)CC)cc3o2)cc1C(C)O. The molecule has 0 amide bonds. The summed E-state index contributed by atoms with van der Waals surface area (Å²) in [6.45, 7) is 12.6. The van der Waals surface area contributed by atoms with Crippen LogP contribution in [0.1, 0.15) is 66.1 Å². The first kappa shape index (κ1) is 26.8. The highest BCUT2D eigenvalue weighted by molar-refractivity contribution is 7.27. The third-order valence-electron chi connectivity index (χ3n) is 5.22. The van der Waals surface area contributed by atoms with Gasteiger partial charge in [0.2, 0.25) is 5.89 Å². The number of carbonyl (C=O) groups excluding carboxylic acids is 1. The van der Waals surface area contributed by atoms with Crippen LogP contribution in [0.3, 0.4) is 0 Å². The van der Waals surface area contributed by atoms with E-state index < -0.39 is 6.10 Å². The standard InChI is InChI=1S/C22H28NO4P.C4H8O/c1-5-13(3)12-26-16-7-8-18-19(11-16)27-22(23-18)15-9-17(14(4)24)21(25-6-2)20(28)10-15;1-3-4(2)5/h7-11,13-14,24H,5-6,12,28H2,1-4H3;3H2,1-2H3/t13-,14?;/m1./s1. The van der Waals surface area contributed by atoms with Crippen molar-refractivity contribution in [3.8, 4) is 23.0 Å². The van der Waals surface area contributed by atoms with Crippen LogP contribution in [0.5, 0.6) is 11.5 Å². The van der Waals surface area contributed by atoms with E-state index in [1.165, 1.54) is 0 Å². The number of hydrogen-bond acceptors (Lipinski definition) is 6. The van der Waals surface area contributed by atoms with Crippen LogP contribution < -0.4 is 14.8 Å². The first-order valence-corrected chi connectivity index (χ1v) is 12.0. The minimum atomic E-state index is -0.661. The number of rotatable bonds is 9. The molecule has 0 saturated carbocycles. The van der Waals surface area contributed by atoms with E-state index in [1.54, 1.807) is 13.8 Å². The van der Waals surface area contributed by atoms with Crippen molar-refractivity contribution in [3.05, 3.63) is 35.9 Å². The monoisotopic (exact) mass is 473 g/mol. The summed E-state index contributed by atoms with van der Waals surface area (Å²) < 4.78 is 17.5. The molecule has 3 aromatic rings. The molecule has 0 aliphatic rings. The van der Waals surface area contributed by atoms with Crippen LogP contribution in [0.4, 0.5) is 0 Å². The fourth-order valence-electron chi connectivity index (χ4n) is 2.89. The molecule has 1 heterocycles. The summed E-state index contributed by atoms with van der Waals surface area (Å²) in [7, 11) is 2.66. The summed E-state index contributed by atoms with van der Waals surface area (Å²) in [5.41, 5.74) is 2.95. The molecule has 0 radical (unpaired) electrons. The number of aliphatic hydroxyl groups excluding tert-OH is 1. The molecule has 0 saturated heterocycles. The molecule has 0 aliphatic carbocycles. The number of ketones is 1. The Bertz CT molecular complexity index is 1060. The van der Waals surface area contributed by atoms with Gasteiger partial charge in [0.05, 0.1) is 19.3 Å². The Hall–Kier alpha value is -2.43.